The van der Waals surface area contributed by atoms with Gasteiger partial charge in [-0.1, -0.05) is 0 Å². The second-order valence-corrected chi connectivity index (χ2v) is 6.97. The Morgan fingerprint density at radius 2 is 2.05 bits per heavy atom. The summed E-state index contributed by atoms with van der Waals surface area (Å²) in [6, 6.07) is 8.23. The van der Waals surface area contributed by atoms with E-state index in [1.807, 2.05) is 0 Å². The van der Waals surface area contributed by atoms with Crippen LogP contribution in [0.25, 0.3) is 0 Å². The zero-order chi connectivity index (χ0) is 15.7. The summed E-state index contributed by atoms with van der Waals surface area (Å²) in [6.07, 6.45) is 0.914. The predicted octanol–water partition coefficient (Wildman–Crippen LogP) is 1.95. The first-order chi connectivity index (χ1) is 10.4. The Morgan fingerprint density at radius 3 is 2.77 bits per heavy atom. The van der Waals surface area contributed by atoms with E-state index in [4.69, 9.17) is 4.42 Å². The number of fused-ring (bicyclic) bond motifs is 1. The Morgan fingerprint density at radius 1 is 1.23 bits per heavy atom. The highest BCUT2D eigenvalue weighted by Gasteiger charge is 2.20. The molecule has 0 spiro atoms. The number of rotatable bonds is 4. The molecular formula is C15H16N2O4S. The molecule has 22 heavy (non-hydrogen) atoms. The van der Waals surface area contributed by atoms with Gasteiger partial charge in [0.05, 0.1) is 11.4 Å². The van der Waals surface area contributed by atoms with Crippen molar-refractivity contribution in [2.75, 3.05) is 5.32 Å². The summed E-state index contributed by atoms with van der Waals surface area (Å²) < 4.78 is 32.5. The van der Waals surface area contributed by atoms with Crippen LogP contribution in [0.2, 0.25) is 0 Å². The van der Waals surface area contributed by atoms with Crippen LogP contribution >= 0.6 is 0 Å². The summed E-state index contributed by atoms with van der Waals surface area (Å²) in [5.41, 5.74) is 1.51. The van der Waals surface area contributed by atoms with Crippen LogP contribution < -0.4 is 10.0 Å². The first-order valence-electron chi connectivity index (χ1n) is 6.92. The summed E-state index contributed by atoms with van der Waals surface area (Å²) in [7, 11) is -3.62. The van der Waals surface area contributed by atoms with Crippen molar-refractivity contribution in [3.8, 4) is 0 Å². The van der Waals surface area contributed by atoms with Crippen LogP contribution in [0.1, 0.15) is 23.5 Å². The second kappa shape index (κ2) is 5.58. The lowest BCUT2D eigenvalue weighted by atomic mass is 10.0. The summed E-state index contributed by atoms with van der Waals surface area (Å²) in [5, 5.41) is 2.73. The van der Waals surface area contributed by atoms with E-state index in [0.717, 1.165) is 11.3 Å². The molecule has 0 atom stereocenters. The lowest BCUT2D eigenvalue weighted by Crippen LogP contribution is -2.24. The molecule has 0 radical (unpaired) electrons. The second-order valence-electron chi connectivity index (χ2n) is 5.20. The molecule has 6 nitrogen and oxygen atoms in total. The highest BCUT2D eigenvalue weighted by Crippen LogP contribution is 2.25. The van der Waals surface area contributed by atoms with Crippen LogP contribution in [0.4, 0.5) is 5.69 Å². The molecule has 2 N–H and O–H groups in total. The summed E-state index contributed by atoms with van der Waals surface area (Å²) >= 11 is 0. The largest absolute Gasteiger partial charge is 0.465 e. The number of benzene rings is 1. The lowest BCUT2D eigenvalue weighted by molar-refractivity contribution is -0.116. The minimum atomic E-state index is -3.62. The third kappa shape index (κ3) is 3.05. The summed E-state index contributed by atoms with van der Waals surface area (Å²) in [6.45, 7) is 1.90. The van der Waals surface area contributed by atoms with E-state index in [0.29, 0.717) is 24.3 Å². The van der Waals surface area contributed by atoms with Gasteiger partial charge in [-0.2, -0.15) is 0 Å². The van der Waals surface area contributed by atoms with Crippen LogP contribution in [0.3, 0.4) is 0 Å². The van der Waals surface area contributed by atoms with Gasteiger partial charge in [-0.05, 0) is 49.2 Å². The van der Waals surface area contributed by atoms with Crippen LogP contribution in [-0.4, -0.2) is 14.3 Å². The van der Waals surface area contributed by atoms with Gasteiger partial charge in [-0.25, -0.2) is 13.1 Å². The molecule has 0 aliphatic carbocycles. The Hall–Kier alpha value is -2.12. The van der Waals surface area contributed by atoms with Gasteiger partial charge in [0.25, 0.3) is 0 Å². The molecule has 1 aromatic heterocycles. The standard InChI is InChI=1S/C15H16N2O4S/c1-10-2-4-12(21-10)9-16-22(19,20)13-5-6-14-11(8-13)3-7-15(18)17-14/h2,4-6,8,16H,3,7,9H2,1H3,(H,17,18). The van der Waals surface area contributed by atoms with Gasteiger partial charge in [0, 0.05) is 12.1 Å². The molecule has 2 heterocycles. The number of hydrogen-bond donors (Lipinski definition) is 2. The molecule has 0 bridgehead atoms. The zero-order valence-electron chi connectivity index (χ0n) is 12.0. The van der Waals surface area contributed by atoms with Crippen LogP contribution in [0.5, 0.6) is 0 Å². The molecule has 1 aliphatic heterocycles. The third-order valence-electron chi connectivity index (χ3n) is 3.51. The molecule has 0 saturated carbocycles. The van der Waals surface area contributed by atoms with Crippen LogP contribution in [0, 0.1) is 6.92 Å². The van der Waals surface area contributed by atoms with E-state index < -0.39 is 10.0 Å². The molecule has 1 aliphatic rings. The van der Waals surface area contributed by atoms with Crippen molar-refractivity contribution in [3.63, 3.8) is 0 Å². The van der Waals surface area contributed by atoms with Gasteiger partial charge < -0.3 is 9.73 Å². The van der Waals surface area contributed by atoms with Crippen molar-refractivity contribution < 1.29 is 17.6 Å². The molecular weight excluding hydrogens is 304 g/mol. The van der Waals surface area contributed by atoms with Crippen LogP contribution in [0.15, 0.2) is 39.6 Å². The van der Waals surface area contributed by atoms with Gasteiger partial charge in [-0.15, -0.1) is 0 Å². The number of aryl methyl sites for hydroxylation is 2. The smallest absolute Gasteiger partial charge is 0.240 e. The van der Waals surface area contributed by atoms with E-state index in [2.05, 4.69) is 10.0 Å². The molecule has 116 valence electrons. The fourth-order valence-corrected chi connectivity index (χ4v) is 3.40. The van der Waals surface area contributed by atoms with Gasteiger partial charge in [0.15, 0.2) is 0 Å². The van der Waals surface area contributed by atoms with E-state index in [1.165, 1.54) is 6.07 Å². The molecule has 7 heteroatoms. The molecule has 3 rings (SSSR count). The summed E-state index contributed by atoms with van der Waals surface area (Å²) in [5.74, 6) is 1.25. The number of furan rings is 1. The highest BCUT2D eigenvalue weighted by atomic mass is 32.2. The van der Waals surface area contributed by atoms with Gasteiger partial charge in [-0.3, -0.25) is 4.79 Å². The normalized spacial score (nSPS) is 14.5. The van der Waals surface area contributed by atoms with E-state index in [-0.39, 0.29) is 17.3 Å². The highest BCUT2D eigenvalue weighted by molar-refractivity contribution is 7.89. The predicted molar refractivity (Wildman–Crippen MR) is 80.9 cm³/mol. The summed E-state index contributed by atoms with van der Waals surface area (Å²) in [4.78, 5) is 11.5. The maximum atomic E-state index is 12.3. The Labute approximate surface area is 128 Å². The van der Waals surface area contributed by atoms with Crippen molar-refractivity contribution >= 4 is 21.6 Å². The molecule has 2 aromatic rings. The Balaban J connectivity index is 1.78. The fourth-order valence-electron chi connectivity index (χ4n) is 2.36. The van der Waals surface area contributed by atoms with E-state index in [9.17, 15) is 13.2 Å². The number of nitrogens with one attached hydrogen (secondary N) is 2. The molecule has 1 amide bonds. The van der Waals surface area contributed by atoms with Crippen molar-refractivity contribution in [2.45, 2.75) is 31.2 Å². The van der Waals surface area contributed by atoms with Crippen molar-refractivity contribution in [1.29, 1.82) is 0 Å². The Bertz CT molecular complexity index is 824. The zero-order valence-corrected chi connectivity index (χ0v) is 12.9. The number of sulfonamides is 1. The fraction of sp³-hybridized carbons (Fsp3) is 0.267. The SMILES string of the molecule is Cc1ccc(CNS(=O)(=O)c2ccc3c(c2)CCC(=O)N3)o1. The van der Waals surface area contributed by atoms with E-state index >= 15 is 0 Å². The van der Waals surface area contributed by atoms with Crippen molar-refractivity contribution in [1.82, 2.24) is 4.72 Å². The number of amides is 1. The average Bonchev–Trinajstić information content (AvgIpc) is 2.90. The monoisotopic (exact) mass is 320 g/mol. The first kappa shape index (κ1) is 14.8. The van der Waals surface area contributed by atoms with Crippen molar-refractivity contribution in [3.05, 3.63) is 47.4 Å². The van der Waals surface area contributed by atoms with Gasteiger partial charge >= 0.3 is 0 Å². The maximum Gasteiger partial charge on any atom is 0.240 e. The minimum absolute atomic E-state index is 0.0468. The molecule has 0 fully saturated rings. The molecule has 1 aromatic carbocycles. The van der Waals surface area contributed by atoms with Crippen LogP contribution in [-0.2, 0) is 27.8 Å². The first-order valence-corrected chi connectivity index (χ1v) is 8.40. The molecule has 0 saturated heterocycles. The number of anilines is 1. The van der Waals surface area contributed by atoms with Crippen molar-refractivity contribution in [2.24, 2.45) is 0 Å². The van der Waals surface area contributed by atoms with Gasteiger partial charge in [0.2, 0.25) is 15.9 Å². The Kier molecular flexibility index (Phi) is 3.76. The van der Waals surface area contributed by atoms with E-state index in [1.54, 1.807) is 31.2 Å². The minimum Gasteiger partial charge on any atom is -0.465 e. The number of hydrogen-bond acceptors (Lipinski definition) is 4. The molecule has 0 unspecified atom stereocenters. The number of carbonyl (C=O) groups is 1. The average molecular weight is 320 g/mol. The third-order valence-corrected chi connectivity index (χ3v) is 4.91. The maximum absolute atomic E-state index is 12.3. The topological polar surface area (TPSA) is 88.4 Å². The lowest BCUT2D eigenvalue weighted by Gasteiger charge is -2.17. The number of carbonyl (C=O) groups excluding carboxylic acids is 1. The quantitative estimate of drug-likeness (QED) is 0.901. The van der Waals surface area contributed by atoms with Gasteiger partial charge in [0.1, 0.15) is 11.5 Å².